The molecular formula is C28H35N5O3. The van der Waals surface area contributed by atoms with Gasteiger partial charge in [0.2, 0.25) is 5.91 Å². The summed E-state index contributed by atoms with van der Waals surface area (Å²) < 4.78 is 1.67. The minimum absolute atomic E-state index is 0.00502. The molecule has 0 radical (unpaired) electrons. The highest BCUT2D eigenvalue weighted by Crippen LogP contribution is 2.38. The molecule has 0 spiro atoms. The number of carbonyl (C=O) groups excluding carboxylic acids is 3. The van der Waals surface area contributed by atoms with Gasteiger partial charge in [0.1, 0.15) is 11.2 Å². The standard InChI is InChI=1S/C28H35N5O3/c1-19-8-10-21(11-9-19)16-30-27(36)28(2)17-32-18-31-23(24(32)26(35)33(28)22-12-13-22)25(34)29-15-14-20-6-4-3-5-7-20/h6,8-11,18,22H,3-5,7,12-17H2,1-2H3,(H,29,34)(H,30,36). The van der Waals surface area contributed by atoms with Crippen molar-refractivity contribution in [2.75, 3.05) is 6.54 Å². The summed E-state index contributed by atoms with van der Waals surface area (Å²) in [7, 11) is 0. The third-order valence-electron chi connectivity index (χ3n) is 7.58. The summed E-state index contributed by atoms with van der Waals surface area (Å²) in [5, 5.41) is 5.97. The van der Waals surface area contributed by atoms with Gasteiger partial charge < -0.3 is 20.1 Å². The number of allylic oxidation sites excluding steroid dienone is 1. The lowest BCUT2D eigenvalue weighted by Crippen LogP contribution is -2.64. The van der Waals surface area contributed by atoms with Gasteiger partial charge in [0.25, 0.3) is 11.8 Å². The molecule has 2 aliphatic carbocycles. The number of aromatic nitrogens is 2. The van der Waals surface area contributed by atoms with Gasteiger partial charge in [-0.25, -0.2) is 4.98 Å². The summed E-state index contributed by atoms with van der Waals surface area (Å²) in [6, 6.07) is 8.02. The van der Waals surface area contributed by atoms with Crippen LogP contribution in [0.4, 0.5) is 0 Å². The van der Waals surface area contributed by atoms with Crippen LogP contribution in [0.25, 0.3) is 0 Å². The van der Waals surface area contributed by atoms with E-state index in [0.29, 0.717) is 13.1 Å². The van der Waals surface area contributed by atoms with Crippen molar-refractivity contribution in [3.05, 3.63) is 64.8 Å². The van der Waals surface area contributed by atoms with Crippen molar-refractivity contribution >= 4 is 17.7 Å². The molecule has 190 valence electrons. The van der Waals surface area contributed by atoms with Crippen LogP contribution in [-0.4, -0.2) is 50.3 Å². The Hall–Kier alpha value is -3.42. The van der Waals surface area contributed by atoms with E-state index in [1.165, 1.54) is 24.7 Å². The number of amides is 3. The van der Waals surface area contributed by atoms with Crippen LogP contribution in [0.15, 0.2) is 42.2 Å². The lowest BCUT2D eigenvalue weighted by molar-refractivity contribution is -0.133. The van der Waals surface area contributed by atoms with Crippen LogP contribution in [-0.2, 0) is 17.9 Å². The minimum atomic E-state index is -1.06. The molecule has 1 aromatic carbocycles. The van der Waals surface area contributed by atoms with E-state index in [1.54, 1.807) is 9.47 Å². The number of hydrogen-bond donors (Lipinski definition) is 2. The predicted molar refractivity (Wildman–Crippen MR) is 136 cm³/mol. The fourth-order valence-electron chi connectivity index (χ4n) is 5.35. The first-order valence-electron chi connectivity index (χ1n) is 13.1. The zero-order valence-corrected chi connectivity index (χ0v) is 21.2. The van der Waals surface area contributed by atoms with Gasteiger partial charge in [-0.15, -0.1) is 0 Å². The molecule has 1 unspecified atom stereocenters. The SMILES string of the molecule is Cc1ccc(CNC(=O)C2(C)Cn3cnc(C(=O)NCCC4=CCCCC4)c3C(=O)N2C2CC2)cc1. The fourth-order valence-corrected chi connectivity index (χ4v) is 5.35. The number of benzene rings is 1. The maximum absolute atomic E-state index is 13.7. The lowest BCUT2D eigenvalue weighted by atomic mass is 9.93. The summed E-state index contributed by atoms with van der Waals surface area (Å²) in [5.41, 5.74) is 2.91. The minimum Gasteiger partial charge on any atom is -0.350 e. The molecule has 3 aliphatic rings. The van der Waals surface area contributed by atoms with Gasteiger partial charge in [0, 0.05) is 19.1 Å². The smallest absolute Gasteiger partial charge is 0.274 e. The summed E-state index contributed by atoms with van der Waals surface area (Å²) in [5.74, 6) is -0.833. The number of nitrogens with zero attached hydrogens (tertiary/aromatic N) is 3. The van der Waals surface area contributed by atoms with E-state index in [0.717, 1.165) is 43.2 Å². The van der Waals surface area contributed by atoms with E-state index in [9.17, 15) is 14.4 Å². The molecule has 1 aliphatic heterocycles. The molecule has 2 heterocycles. The monoisotopic (exact) mass is 489 g/mol. The normalized spacial score (nSPS) is 21.6. The van der Waals surface area contributed by atoms with Crippen molar-refractivity contribution in [2.45, 2.75) is 83.5 Å². The van der Waals surface area contributed by atoms with Gasteiger partial charge >= 0.3 is 0 Å². The van der Waals surface area contributed by atoms with Crippen LogP contribution < -0.4 is 10.6 Å². The highest BCUT2D eigenvalue weighted by molar-refractivity contribution is 6.07. The Bertz CT molecular complexity index is 1190. The molecule has 2 aromatic rings. The van der Waals surface area contributed by atoms with Crippen LogP contribution >= 0.6 is 0 Å². The summed E-state index contributed by atoms with van der Waals surface area (Å²) in [4.78, 5) is 46.2. The zero-order valence-electron chi connectivity index (χ0n) is 21.2. The highest BCUT2D eigenvalue weighted by atomic mass is 16.2. The van der Waals surface area contributed by atoms with Crippen LogP contribution in [0.1, 0.15) is 84.0 Å². The Labute approximate surface area is 212 Å². The van der Waals surface area contributed by atoms with Crippen LogP contribution in [0.5, 0.6) is 0 Å². The molecule has 2 N–H and O–H groups in total. The second-order valence-electron chi connectivity index (χ2n) is 10.5. The molecule has 8 nitrogen and oxygen atoms in total. The van der Waals surface area contributed by atoms with Crippen molar-refractivity contribution in [1.82, 2.24) is 25.1 Å². The van der Waals surface area contributed by atoms with Gasteiger partial charge in [-0.3, -0.25) is 14.4 Å². The van der Waals surface area contributed by atoms with E-state index in [2.05, 4.69) is 21.7 Å². The van der Waals surface area contributed by atoms with Gasteiger partial charge in [-0.2, -0.15) is 0 Å². The Balaban J connectivity index is 1.31. The molecule has 1 saturated carbocycles. The highest BCUT2D eigenvalue weighted by Gasteiger charge is 2.53. The number of hydrogen-bond acceptors (Lipinski definition) is 4. The number of carbonyl (C=O) groups is 3. The molecule has 1 aromatic heterocycles. The molecule has 8 heteroatoms. The number of imidazole rings is 1. The summed E-state index contributed by atoms with van der Waals surface area (Å²) >= 11 is 0. The van der Waals surface area contributed by atoms with Gasteiger partial charge in [0.05, 0.1) is 12.9 Å². The first-order valence-corrected chi connectivity index (χ1v) is 13.1. The van der Waals surface area contributed by atoms with Crippen molar-refractivity contribution in [2.24, 2.45) is 0 Å². The Morgan fingerprint density at radius 2 is 1.92 bits per heavy atom. The molecule has 0 bridgehead atoms. The fraction of sp³-hybridized carbons (Fsp3) is 0.500. The quantitative estimate of drug-likeness (QED) is 0.555. The first kappa shape index (κ1) is 24.3. The number of aryl methyl sites for hydroxylation is 1. The Morgan fingerprint density at radius 3 is 2.61 bits per heavy atom. The first-order chi connectivity index (χ1) is 17.4. The van der Waals surface area contributed by atoms with E-state index < -0.39 is 5.54 Å². The third kappa shape index (κ3) is 4.81. The number of fused-ring (bicyclic) bond motifs is 1. The molecular weight excluding hydrogens is 454 g/mol. The van der Waals surface area contributed by atoms with Crippen LogP contribution in [0.3, 0.4) is 0 Å². The maximum Gasteiger partial charge on any atom is 0.274 e. The summed E-state index contributed by atoms with van der Waals surface area (Å²) in [6.45, 7) is 5.01. The largest absolute Gasteiger partial charge is 0.350 e. The molecule has 1 fully saturated rings. The maximum atomic E-state index is 13.7. The molecule has 3 amide bonds. The lowest BCUT2D eigenvalue weighted by Gasteiger charge is -2.44. The Kier molecular flexibility index (Phi) is 6.69. The van der Waals surface area contributed by atoms with Crippen LogP contribution in [0, 0.1) is 6.92 Å². The van der Waals surface area contributed by atoms with E-state index in [-0.39, 0.29) is 41.7 Å². The van der Waals surface area contributed by atoms with E-state index >= 15 is 0 Å². The van der Waals surface area contributed by atoms with Gasteiger partial charge in [-0.1, -0.05) is 41.5 Å². The topological polar surface area (TPSA) is 96.3 Å². The number of rotatable bonds is 8. The van der Waals surface area contributed by atoms with Gasteiger partial charge in [-0.05, 0) is 64.4 Å². The second kappa shape index (κ2) is 9.91. The average Bonchev–Trinajstić information content (AvgIpc) is 3.61. The summed E-state index contributed by atoms with van der Waals surface area (Å²) in [6.07, 6.45) is 11.0. The van der Waals surface area contributed by atoms with E-state index in [1.807, 2.05) is 38.1 Å². The molecule has 5 rings (SSSR count). The van der Waals surface area contributed by atoms with E-state index in [4.69, 9.17) is 0 Å². The molecule has 0 saturated heterocycles. The third-order valence-corrected chi connectivity index (χ3v) is 7.58. The number of nitrogens with one attached hydrogen (secondary N) is 2. The van der Waals surface area contributed by atoms with Gasteiger partial charge in [0.15, 0.2) is 5.69 Å². The zero-order chi connectivity index (χ0) is 25.3. The molecule has 36 heavy (non-hydrogen) atoms. The van der Waals surface area contributed by atoms with Crippen molar-refractivity contribution in [3.63, 3.8) is 0 Å². The molecule has 1 atom stereocenters. The van der Waals surface area contributed by atoms with Crippen molar-refractivity contribution < 1.29 is 14.4 Å². The average molecular weight is 490 g/mol. The Morgan fingerprint density at radius 1 is 1.14 bits per heavy atom. The second-order valence-corrected chi connectivity index (χ2v) is 10.5. The predicted octanol–water partition coefficient (Wildman–Crippen LogP) is 3.51. The van der Waals surface area contributed by atoms with Crippen molar-refractivity contribution in [1.29, 1.82) is 0 Å². The van der Waals surface area contributed by atoms with Crippen molar-refractivity contribution in [3.8, 4) is 0 Å². The van der Waals surface area contributed by atoms with Crippen LogP contribution in [0.2, 0.25) is 0 Å².